The first kappa shape index (κ1) is 21.4. The van der Waals surface area contributed by atoms with E-state index in [1.54, 1.807) is 30.3 Å². The van der Waals surface area contributed by atoms with Crippen LogP contribution in [-0.4, -0.2) is 23.1 Å². The van der Waals surface area contributed by atoms with E-state index in [1.165, 1.54) is 4.90 Å². The van der Waals surface area contributed by atoms with Gasteiger partial charge >= 0.3 is 6.03 Å². The summed E-state index contributed by atoms with van der Waals surface area (Å²) in [6.45, 7) is 8.26. The Labute approximate surface area is 183 Å². The fraction of sp³-hybridized carbons (Fsp3) is 0.440. The lowest BCUT2D eigenvalue weighted by Gasteiger charge is -2.44. The van der Waals surface area contributed by atoms with Crippen LogP contribution in [0.5, 0.6) is 0 Å². The number of urea groups is 1. The Bertz CT molecular complexity index is 1020. The molecule has 1 saturated carbocycles. The fourth-order valence-corrected chi connectivity index (χ4v) is 4.78. The summed E-state index contributed by atoms with van der Waals surface area (Å²) in [4.78, 5) is 28.0. The van der Waals surface area contributed by atoms with Crippen molar-refractivity contribution in [1.29, 1.82) is 0 Å². The molecule has 4 rings (SSSR count). The smallest absolute Gasteiger partial charge is 0.329 e. The predicted octanol–water partition coefficient (Wildman–Crippen LogP) is 4.44. The van der Waals surface area contributed by atoms with Crippen LogP contribution >= 0.6 is 0 Å². The van der Waals surface area contributed by atoms with E-state index in [1.807, 2.05) is 26.0 Å². The summed E-state index contributed by atoms with van der Waals surface area (Å²) in [5.41, 5.74) is 1.16. The molecule has 2 aromatic rings. The number of carbonyl (C=O) groups excluding carboxylic acids is 2. The van der Waals surface area contributed by atoms with Crippen molar-refractivity contribution in [3.63, 3.8) is 0 Å². The Hall–Kier alpha value is -2.86. The summed E-state index contributed by atoms with van der Waals surface area (Å²) in [6, 6.07) is 11.8. The second-order valence-electron chi connectivity index (χ2n) is 9.10. The van der Waals surface area contributed by atoms with Gasteiger partial charge in [-0.15, -0.1) is 0 Å². The Kier molecular flexibility index (Phi) is 5.52. The molecule has 1 aliphatic heterocycles. The molecule has 1 aliphatic carbocycles. The largest absolute Gasteiger partial charge is 0.359 e. The van der Waals surface area contributed by atoms with Crippen molar-refractivity contribution in [2.75, 3.05) is 10.2 Å². The molecule has 164 valence electrons. The van der Waals surface area contributed by atoms with Crippen LogP contribution in [0.2, 0.25) is 0 Å². The van der Waals surface area contributed by atoms with Crippen molar-refractivity contribution in [1.82, 2.24) is 5.32 Å². The molecule has 6 heteroatoms. The van der Waals surface area contributed by atoms with Crippen molar-refractivity contribution >= 4 is 23.3 Å². The van der Waals surface area contributed by atoms with Crippen LogP contribution in [0.1, 0.15) is 49.8 Å². The third-order valence-electron chi connectivity index (χ3n) is 7.16. The van der Waals surface area contributed by atoms with Gasteiger partial charge in [-0.25, -0.2) is 4.79 Å². The Morgan fingerprint density at radius 1 is 1.13 bits per heavy atom. The van der Waals surface area contributed by atoms with Crippen LogP contribution in [0.25, 0.3) is 0 Å². The van der Waals surface area contributed by atoms with Crippen molar-refractivity contribution in [3.05, 3.63) is 59.2 Å². The SMILES string of the molecule is Cc1ccc(N2C(=O)Nc3ccccc3[C@]2(O)C(=O)N[C@H]2CCC[C@@H](C)[C@@H]2C)cc1C. The topological polar surface area (TPSA) is 81.7 Å². The quantitative estimate of drug-likeness (QED) is 0.685. The first-order valence-electron chi connectivity index (χ1n) is 11.0. The predicted molar refractivity (Wildman–Crippen MR) is 122 cm³/mol. The van der Waals surface area contributed by atoms with E-state index < -0.39 is 17.7 Å². The van der Waals surface area contributed by atoms with Gasteiger partial charge in [0.25, 0.3) is 11.6 Å². The van der Waals surface area contributed by atoms with Gasteiger partial charge in [-0.2, -0.15) is 0 Å². The number of rotatable bonds is 3. The minimum absolute atomic E-state index is 0.0426. The molecule has 1 fully saturated rings. The number of aryl methyl sites for hydroxylation is 2. The number of hydrogen-bond donors (Lipinski definition) is 3. The molecule has 2 aromatic carbocycles. The van der Waals surface area contributed by atoms with Crippen LogP contribution in [0, 0.1) is 25.7 Å². The molecule has 0 bridgehead atoms. The lowest BCUT2D eigenvalue weighted by Crippen LogP contribution is -2.64. The highest BCUT2D eigenvalue weighted by molar-refractivity contribution is 6.11. The van der Waals surface area contributed by atoms with E-state index in [9.17, 15) is 14.7 Å². The average molecular weight is 422 g/mol. The molecule has 3 N–H and O–H groups in total. The van der Waals surface area contributed by atoms with E-state index in [-0.39, 0.29) is 6.04 Å². The Morgan fingerprint density at radius 2 is 1.87 bits per heavy atom. The maximum atomic E-state index is 13.7. The lowest BCUT2D eigenvalue weighted by atomic mass is 9.78. The van der Waals surface area contributed by atoms with Crippen molar-refractivity contribution < 1.29 is 14.7 Å². The van der Waals surface area contributed by atoms with Gasteiger partial charge in [0.05, 0.1) is 5.69 Å². The standard InChI is InChI=1S/C25H31N3O3/c1-15-12-13-19(14-17(15)3)28-24(30)27-22-10-6-5-9-20(22)25(28,31)23(29)26-21-11-7-8-16(2)18(21)4/h5-6,9-10,12-14,16,18,21,31H,7-8,11H2,1-4H3,(H,26,29)(H,27,30)/t16-,18+,21+,25+/m1/s1. The molecule has 0 radical (unpaired) electrons. The molecule has 2 aliphatic rings. The Balaban J connectivity index is 1.79. The normalized spacial score (nSPS) is 28.0. The first-order valence-corrected chi connectivity index (χ1v) is 11.0. The number of aliphatic hydroxyl groups is 1. The molecular weight excluding hydrogens is 390 g/mol. The number of carbonyl (C=O) groups is 2. The van der Waals surface area contributed by atoms with Crippen molar-refractivity contribution in [3.8, 4) is 0 Å². The van der Waals surface area contributed by atoms with Crippen LogP contribution in [0.15, 0.2) is 42.5 Å². The summed E-state index contributed by atoms with van der Waals surface area (Å²) in [6.07, 6.45) is 3.04. The maximum absolute atomic E-state index is 13.7. The summed E-state index contributed by atoms with van der Waals surface area (Å²) in [7, 11) is 0. The summed E-state index contributed by atoms with van der Waals surface area (Å²) in [5.74, 6) is 0.217. The number of nitrogens with zero attached hydrogens (tertiary/aromatic N) is 1. The molecule has 0 spiro atoms. The van der Waals surface area contributed by atoms with Gasteiger partial charge in [-0.1, -0.05) is 51.0 Å². The third kappa shape index (κ3) is 3.59. The number of benzene rings is 2. The minimum atomic E-state index is -2.15. The maximum Gasteiger partial charge on any atom is 0.329 e. The van der Waals surface area contributed by atoms with Gasteiger partial charge in [0.1, 0.15) is 0 Å². The second-order valence-corrected chi connectivity index (χ2v) is 9.10. The van der Waals surface area contributed by atoms with Gasteiger partial charge in [-0.05, 0) is 61.4 Å². The van der Waals surface area contributed by atoms with Crippen LogP contribution in [-0.2, 0) is 10.5 Å². The average Bonchev–Trinajstić information content (AvgIpc) is 2.74. The van der Waals surface area contributed by atoms with Crippen LogP contribution in [0.4, 0.5) is 16.2 Å². The molecule has 0 aromatic heterocycles. The highest BCUT2D eigenvalue weighted by Gasteiger charge is 2.52. The number of para-hydroxylation sites is 1. The van der Waals surface area contributed by atoms with E-state index in [2.05, 4.69) is 24.5 Å². The van der Waals surface area contributed by atoms with Gasteiger partial charge in [0, 0.05) is 17.3 Å². The highest BCUT2D eigenvalue weighted by Crippen LogP contribution is 2.41. The molecule has 4 atom stereocenters. The molecular formula is C25H31N3O3. The van der Waals surface area contributed by atoms with E-state index in [4.69, 9.17) is 0 Å². The number of hydrogen-bond acceptors (Lipinski definition) is 3. The monoisotopic (exact) mass is 421 g/mol. The lowest BCUT2D eigenvalue weighted by molar-refractivity contribution is -0.141. The van der Waals surface area contributed by atoms with Gasteiger partial charge in [0.15, 0.2) is 0 Å². The summed E-state index contributed by atoms with van der Waals surface area (Å²) in [5, 5.41) is 17.9. The third-order valence-corrected chi connectivity index (χ3v) is 7.16. The fourth-order valence-electron chi connectivity index (χ4n) is 4.78. The number of nitrogens with one attached hydrogen (secondary N) is 2. The van der Waals surface area contributed by atoms with Crippen molar-refractivity contribution in [2.24, 2.45) is 11.8 Å². The molecule has 0 unspecified atom stereocenters. The van der Waals surface area contributed by atoms with Gasteiger partial charge in [-0.3, -0.25) is 9.69 Å². The zero-order chi connectivity index (χ0) is 22.3. The summed E-state index contributed by atoms with van der Waals surface area (Å²) < 4.78 is 0. The zero-order valence-electron chi connectivity index (χ0n) is 18.6. The van der Waals surface area contributed by atoms with Gasteiger partial charge < -0.3 is 15.7 Å². The van der Waals surface area contributed by atoms with Gasteiger partial charge in [0.2, 0.25) is 0 Å². The highest BCUT2D eigenvalue weighted by atomic mass is 16.3. The van der Waals surface area contributed by atoms with E-state index in [0.717, 1.165) is 30.4 Å². The molecule has 1 heterocycles. The number of anilines is 2. The second kappa shape index (κ2) is 8.00. The minimum Gasteiger partial charge on any atom is -0.359 e. The number of fused-ring (bicyclic) bond motifs is 1. The van der Waals surface area contributed by atoms with E-state index in [0.29, 0.717) is 28.8 Å². The van der Waals surface area contributed by atoms with E-state index >= 15 is 0 Å². The van der Waals surface area contributed by atoms with Crippen molar-refractivity contribution in [2.45, 2.75) is 58.7 Å². The molecule has 3 amide bonds. The molecule has 0 saturated heterocycles. The Morgan fingerprint density at radius 3 is 2.61 bits per heavy atom. The zero-order valence-corrected chi connectivity index (χ0v) is 18.6. The summed E-state index contributed by atoms with van der Waals surface area (Å²) >= 11 is 0. The number of amides is 3. The van der Waals surface area contributed by atoms with Crippen LogP contribution < -0.4 is 15.5 Å². The molecule has 6 nitrogen and oxygen atoms in total. The van der Waals surface area contributed by atoms with Crippen LogP contribution in [0.3, 0.4) is 0 Å². The molecule has 31 heavy (non-hydrogen) atoms. The first-order chi connectivity index (χ1) is 14.7.